The Bertz CT molecular complexity index is 469. The Kier molecular flexibility index (Phi) is 3.06. The third kappa shape index (κ3) is 1.99. The number of nitrogens with zero attached hydrogens (tertiary/aromatic N) is 2. The Morgan fingerprint density at radius 1 is 1.12 bits per heavy atom. The first-order chi connectivity index (χ1) is 7.72. The summed E-state index contributed by atoms with van der Waals surface area (Å²) in [6, 6.07) is 10.1. The maximum atomic E-state index is 8.90. The molecule has 0 aromatic carbocycles. The highest BCUT2D eigenvalue weighted by molar-refractivity contribution is 5.32. The normalized spacial score (nSPS) is 10.7. The molecule has 1 N–H and O–H groups in total. The smallest absolute Gasteiger partial charge is 0.137 e. The molecule has 3 heteroatoms. The lowest BCUT2D eigenvalue weighted by molar-refractivity contribution is 0.298. The lowest BCUT2D eigenvalue weighted by Crippen LogP contribution is -2.04. The van der Waals surface area contributed by atoms with E-state index >= 15 is 0 Å². The first-order valence-corrected chi connectivity index (χ1v) is 5.44. The van der Waals surface area contributed by atoms with E-state index in [4.69, 9.17) is 5.11 Å². The average molecular weight is 216 g/mol. The van der Waals surface area contributed by atoms with Crippen molar-refractivity contribution in [3.05, 3.63) is 47.4 Å². The molecule has 0 aliphatic rings. The van der Waals surface area contributed by atoms with Crippen LogP contribution < -0.4 is 0 Å². The summed E-state index contributed by atoms with van der Waals surface area (Å²) in [6.45, 7) is 4.26. The van der Waals surface area contributed by atoms with Crippen LogP contribution in [-0.2, 0) is 6.42 Å². The van der Waals surface area contributed by atoms with Crippen molar-refractivity contribution in [3.8, 4) is 5.82 Å². The van der Waals surface area contributed by atoms with Crippen LogP contribution in [0.15, 0.2) is 30.3 Å². The zero-order chi connectivity index (χ0) is 11.5. The van der Waals surface area contributed by atoms with E-state index in [-0.39, 0.29) is 6.61 Å². The van der Waals surface area contributed by atoms with Gasteiger partial charge in [0.25, 0.3) is 0 Å². The quantitative estimate of drug-likeness (QED) is 0.852. The molecule has 0 aliphatic heterocycles. The summed E-state index contributed by atoms with van der Waals surface area (Å²) in [6.07, 6.45) is 0.604. The number of aliphatic hydroxyl groups is 1. The molecule has 2 rings (SSSR count). The summed E-state index contributed by atoms with van der Waals surface area (Å²) in [7, 11) is 0. The van der Waals surface area contributed by atoms with Gasteiger partial charge in [-0.25, -0.2) is 4.98 Å². The topological polar surface area (TPSA) is 38.0 Å². The van der Waals surface area contributed by atoms with Crippen LogP contribution in [0.25, 0.3) is 5.82 Å². The molecule has 84 valence electrons. The molecule has 0 saturated carbocycles. The van der Waals surface area contributed by atoms with Gasteiger partial charge in [0.05, 0.1) is 0 Å². The van der Waals surface area contributed by atoms with Crippen molar-refractivity contribution in [3.63, 3.8) is 0 Å². The van der Waals surface area contributed by atoms with E-state index in [0.29, 0.717) is 6.42 Å². The number of aryl methyl sites for hydroxylation is 2. The largest absolute Gasteiger partial charge is 0.396 e. The second-order valence-electron chi connectivity index (χ2n) is 3.91. The average Bonchev–Trinajstić information content (AvgIpc) is 2.59. The van der Waals surface area contributed by atoms with Crippen LogP contribution in [0.2, 0.25) is 0 Å². The van der Waals surface area contributed by atoms with E-state index in [0.717, 1.165) is 11.5 Å². The van der Waals surface area contributed by atoms with Gasteiger partial charge < -0.3 is 9.67 Å². The molecular formula is C13H16N2O. The van der Waals surface area contributed by atoms with E-state index in [9.17, 15) is 0 Å². The van der Waals surface area contributed by atoms with Crippen molar-refractivity contribution < 1.29 is 5.11 Å². The molecular weight excluding hydrogens is 200 g/mol. The monoisotopic (exact) mass is 216 g/mol. The van der Waals surface area contributed by atoms with Gasteiger partial charge in [0.2, 0.25) is 0 Å². The Morgan fingerprint density at radius 3 is 2.44 bits per heavy atom. The standard InChI is InChI=1S/C13H16N2O/c1-10-6-7-11(2)15(10)13-5-3-4-12(14-13)8-9-16/h3-7,16H,8-9H2,1-2H3. The fraction of sp³-hybridized carbons (Fsp3) is 0.308. The summed E-state index contributed by atoms with van der Waals surface area (Å²) in [5.41, 5.74) is 3.27. The van der Waals surface area contributed by atoms with Gasteiger partial charge in [-0.2, -0.15) is 0 Å². The first kappa shape index (κ1) is 10.9. The minimum absolute atomic E-state index is 0.139. The van der Waals surface area contributed by atoms with E-state index in [1.807, 2.05) is 18.2 Å². The van der Waals surface area contributed by atoms with Gasteiger partial charge in [0.1, 0.15) is 5.82 Å². The molecule has 2 aromatic heterocycles. The zero-order valence-corrected chi connectivity index (χ0v) is 9.64. The Balaban J connectivity index is 2.44. The van der Waals surface area contributed by atoms with Gasteiger partial charge >= 0.3 is 0 Å². The van der Waals surface area contributed by atoms with Crippen LogP contribution in [0.3, 0.4) is 0 Å². The second-order valence-corrected chi connectivity index (χ2v) is 3.91. The Morgan fingerprint density at radius 2 is 1.81 bits per heavy atom. The molecule has 2 heterocycles. The number of aromatic nitrogens is 2. The molecule has 0 saturated heterocycles. The van der Waals surface area contributed by atoms with Crippen molar-refractivity contribution in [2.24, 2.45) is 0 Å². The van der Waals surface area contributed by atoms with Crippen LogP contribution >= 0.6 is 0 Å². The van der Waals surface area contributed by atoms with E-state index < -0.39 is 0 Å². The number of pyridine rings is 1. The van der Waals surface area contributed by atoms with Crippen LogP contribution in [0.5, 0.6) is 0 Å². The molecule has 0 bridgehead atoms. The minimum Gasteiger partial charge on any atom is -0.396 e. The molecule has 0 radical (unpaired) electrons. The molecule has 0 fully saturated rings. The zero-order valence-electron chi connectivity index (χ0n) is 9.64. The van der Waals surface area contributed by atoms with Crippen LogP contribution in [0, 0.1) is 13.8 Å². The maximum Gasteiger partial charge on any atom is 0.137 e. The van der Waals surface area contributed by atoms with E-state index in [1.54, 1.807) is 0 Å². The molecule has 3 nitrogen and oxygen atoms in total. The van der Waals surface area contributed by atoms with Gasteiger partial charge in [-0.05, 0) is 38.1 Å². The molecule has 0 aliphatic carbocycles. The Hall–Kier alpha value is -1.61. The van der Waals surface area contributed by atoms with Crippen LogP contribution in [0.4, 0.5) is 0 Å². The lowest BCUT2D eigenvalue weighted by atomic mass is 10.3. The fourth-order valence-electron chi connectivity index (χ4n) is 1.88. The number of rotatable bonds is 3. The molecule has 0 amide bonds. The van der Waals surface area contributed by atoms with Gasteiger partial charge in [-0.1, -0.05) is 6.07 Å². The number of hydrogen-bond donors (Lipinski definition) is 1. The summed E-state index contributed by atoms with van der Waals surface area (Å²) in [5.74, 6) is 0.922. The summed E-state index contributed by atoms with van der Waals surface area (Å²) >= 11 is 0. The molecule has 0 spiro atoms. The predicted octanol–water partition coefficient (Wildman–Crippen LogP) is 2.02. The molecule has 16 heavy (non-hydrogen) atoms. The van der Waals surface area contributed by atoms with Crippen molar-refractivity contribution in [1.82, 2.24) is 9.55 Å². The third-order valence-electron chi connectivity index (χ3n) is 2.66. The predicted molar refractivity (Wildman–Crippen MR) is 63.8 cm³/mol. The maximum absolute atomic E-state index is 8.90. The lowest BCUT2D eigenvalue weighted by Gasteiger charge is -2.09. The fourth-order valence-corrected chi connectivity index (χ4v) is 1.88. The van der Waals surface area contributed by atoms with Crippen molar-refractivity contribution in [1.29, 1.82) is 0 Å². The number of aliphatic hydroxyl groups excluding tert-OH is 1. The molecule has 0 atom stereocenters. The Labute approximate surface area is 95.4 Å². The van der Waals surface area contributed by atoms with Crippen molar-refractivity contribution in [2.75, 3.05) is 6.61 Å². The van der Waals surface area contributed by atoms with E-state index in [2.05, 4.69) is 35.5 Å². The summed E-state index contributed by atoms with van der Waals surface area (Å²) in [4.78, 5) is 4.53. The van der Waals surface area contributed by atoms with Crippen LogP contribution in [-0.4, -0.2) is 21.3 Å². The van der Waals surface area contributed by atoms with Gasteiger partial charge in [-0.3, -0.25) is 0 Å². The van der Waals surface area contributed by atoms with Crippen molar-refractivity contribution in [2.45, 2.75) is 20.3 Å². The second kappa shape index (κ2) is 4.49. The van der Waals surface area contributed by atoms with Gasteiger partial charge in [-0.15, -0.1) is 0 Å². The minimum atomic E-state index is 0.139. The van der Waals surface area contributed by atoms with E-state index in [1.165, 1.54) is 11.4 Å². The summed E-state index contributed by atoms with van der Waals surface area (Å²) in [5, 5.41) is 8.90. The SMILES string of the molecule is Cc1ccc(C)n1-c1cccc(CCO)n1. The van der Waals surface area contributed by atoms with Gasteiger partial charge in [0.15, 0.2) is 0 Å². The first-order valence-electron chi connectivity index (χ1n) is 5.44. The number of hydrogen-bond acceptors (Lipinski definition) is 2. The van der Waals surface area contributed by atoms with Crippen LogP contribution in [0.1, 0.15) is 17.1 Å². The van der Waals surface area contributed by atoms with Crippen molar-refractivity contribution >= 4 is 0 Å². The molecule has 2 aromatic rings. The summed E-state index contributed by atoms with van der Waals surface area (Å²) < 4.78 is 2.11. The molecule has 0 unspecified atom stereocenters. The highest BCUT2D eigenvalue weighted by atomic mass is 16.3. The highest BCUT2D eigenvalue weighted by Gasteiger charge is 2.05. The highest BCUT2D eigenvalue weighted by Crippen LogP contribution is 2.14. The third-order valence-corrected chi connectivity index (χ3v) is 2.66. The van der Waals surface area contributed by atoms with Gasteiger partial charge in [0, 0.05) is 30.1 Å².